The Morgan fingerprint density at radius 1 is 0.968 bits per heavy atom. The van der Waals surface area contributed by atoms with Gasteiger partial charge in [0.1, 0.15) is 12.4 Å². The van der Waals surface area contributed by atoms with Crippen molar-refractivity contribution in [1.82, 2.24) is 9.80 Å². The summed E-state index contributed by atoms with van der Waals surface area (Å²) in [5, 5.41) is 0. The van der Waals surface area contributed by atoms with Crippen molar-refractivity contribution >= 4 is 11.8 Å². The largest absolute Gasteiger partial charge is 0.497 e. The molecule has 1 aromatic carbocycles. The molecule has 3 fully saturated rings. The number of rotatable bonds is 7. The molecule has 170 valence electrons. The monoisotopic (exact) mass is 430 g/mol. The molecule has 0 spiro atoms. The third kappa shape index (κ3) is 5.21. The lowest BCUT2D eigenvalue weighted by molar-refractivity contribution is -0.145. The lowest BCUT2D eigenvalue weighted by Crippen LogP contribution is -2.51. The Balaban J connectivity index is 1.23. The van der Waals surface area contributed by atoms with Gasteiger partial charge < -0.3 is 24.0 Å². The van der Waals surface area contributed by atoms with Crippen molar-refractivity contribution in [1.29, 1.82) is 0 Å². The van der Waals surface area contributed by atoms with Gasteiger partial charge in [-0.3, -0.25) is 9.59 Å². The number of ether oxygens (including phenoxy) is 3. The van der Waals surface area contributed by atoms with E-state index in [4.69, 9.17) is 14.2 Å². The Morgan fingerprint density at radius 2 is 1.68 bits per heavy atom. The van der Waals surface area contributed by atoms with E-state index in [1.54, 1.807) is 14.2 Å². The van der Waals surface area contributed by atoms with Crippen LogP contribution in [-0.4, -0.2) is 79.8 Å². The molecular weight excluding hydrogens is 396 g/mol. The number of methoxy groups -OCH3 is 2. The molecule has 4 rings (SSSR count). The molecule has 0 radical (unpaired) electrons. The summed E-state index contributed by atoms with van der Waals surface area (Å²) < 4.78 is 16.8. The molecule has 31 heavy (non-hydrogen) atoms. The maximum absolute atomic E-state index is 12.7. The van der Waals surface area contributed by atoms with Gasteiger partial charge in [-0.05, 0) is 56.2 Å². The van der Waals surface area contributed by atoms with E-state index in [0.29, 0.717) is 6.42 Å². The van der Waals surface area contributed by atoms with Crippen molar-refractivity contribution in [2.24, 2.45) is 0 Å². The Hall–Kier alpha value is -2.12. The predicted molar refractivity (Wildman–Crippen MR) is 116 cm³/mol. The molecule has 0 aliphatic carbocycles. The maximum Gasteiger partial charge on any atom is 0.249 e. The van der Waals surface area contributed by atoms with Crippen LogP contribution < -0.4 is 4.74 Å². The van der Waals surface area contributed by atoms with Gasteiger partial charge in [0.2, 0.25) is 11.8 Å². The summed E-state index contributed by atoms with van der Waals surface area (Å²) in [6.45, 7) is 1.65. The van der Waals surface area contributed by atoms with Gasteiger partial charge in [0, 0.05) is 32.3 Å². The van der Waals surface area contributed by atoms with Crippen LogP contribution in [0.5, 0.6) is 5.75 Å². The lowest BCUT2D eigenvalue weighted by Gasteiger charge is -2.41. The first-order valence-corrected chi connectivity index (χ1v) is 11.4. The van der Waals surface area contributed by atoms with Crippen LogP contribution in [0.15, 0.2) is 24.3 Å². The van der Waals surface area contributed by atoms with Crippen LogP contribution in [-0.2, 0) is 25.5 Å². The zero-order valence-electron chi connectivity index (χ0n) is 18.6. The maximum atomic E-state index is 12.7. The molecule has 7 nitrogen and oxygen atoms in total. The first kappa shape index (κ1) is 22.1. The van der Waals surface area contributed by atoms with Gasteiger partial charge in [-0.1, -0.05) is 12.1 Å². The number of fused-ring (bicyclic) bond motifs is 2. The van der Waals surface area contributed by atoms with E-state index in [9.17, 15) is 9.59 Å². The van der Waals surface area contributed by atoms with Gasteiger partial charge in [-0.25, -0.2) is 0 Å². The number of piperidine rings is 2. The van der Waals surface area contributed by atoms with E-state index in [0.717, 1.165) is 62.9 Å². The van der Waals surface area contributed by atoms with Crippen molar-refractivity contribution in [3.63, 3.8) is 0 Å². The van der Waals surface area contributed by atoms with Crippen LogP contribution in [0.4, 0.5) is 0 Å². The van der Waals surface area contributed by atoms with E-state index in [1.165, 1.54) is 0 Å². The van der Waals surface area contributed by atoms with E-state index in [2.05, 4.69) is 0 Å². The first-order valence-electron chi connectivity index (χ1n) is 11.4. The number of carbonyl (C=O) groups excluding carboxylic acids is 2. The highest BCUT2D eigenvalue weighted by Gasteiger charge is 2.44. The summed E-state index contributed by atoms with van der Waals surface area (Å²) in [5.41, 5.74) is 0.980. The summed E-state index contributed by atoms with van der Waals surface area (Å²) in [6.07, 6.45) is 6.54. The molecule has 3 aliphatic rings. The zero-order chi connectivity index (χ0) is 21.8. The molecule has 2 amide bonds. The topological polar surface area (TPSA) is 68.3 Å². The fraction of sp³-hybridized carbons (Fsp3) is 0.667. The second-order valence-electron chi connectivity index (χ2n) is 8.96. The fourth-order valence-electron chi connectivity index (χ4n) is 5.43. The minimum atomic E-state index is 0.108. The fourth-order valence-corrected chi connectivity index (χ4v) is 5.43. The van der Waals surface area contributed by atoms with Gasteiger partial charge in [0.25, 0.3) is 0 Å². The Kier molecular flexibility index (Phi) is 7.13. The molecule has 3 atom stereocenters. The number of amides is 2. The normalized spacial score (nSPS) is 26.2. The van der Waals surface area contributed by atoms with E-state index in [1.807, 2.05) is 34.1 Å². The van der Waals surface area contributed by atoms with Gasteiger partial charge in [0.15, 0.2) is 0 Å². The van der Waals surface area contributed by atoms with Crippen LogP contribution in [0.25, 0.3) is 0 Å². The minimum Gasteiger partial charge on any atom is -0.497 e. The number of hydrogen-bond donors (Lipinski definition) is 0. The van der Waals surface area contributed by atoms with Crippen molar-refractivity contribution in [3.05, 3.63) is 29.8 Å². The first-order chi connectivity index (χ1) is 15.1. The quantitative estimate of drug-likeness (QED) is 0.665. The third-order valence-electron chi connectivity index (χ3n) is 6.91. The van der Waals surface area contributed by atoms with Crippen LogP contribution in [0.1, 0.15) is 44.1 Å². The average molecular weight is 431 g/mol. The highest BCUT2D eigenvalue weighted by atomic mass is 16.5. The van der Waals surface area contributed by atoms with E-state index >= 15 is 0 Å². The van der Waals surface area contributed by atoms with E-state index in [-0.39, 0.29) is 42.7 Å². The van der Waals surface area contributed by atoms with Gasteiger partial charge >= 0.3 is 0 Å². The highest BCUT2D eigenvalue weighted by molar-refractivity contribution is 5.79. The molecule has 3 saturated heterocycles. The number of hydrogen-bond acceptors (Lipinski definition) is 5. The molecule has 0 aromatic heterocycles. The van der Waals surface area contributed by atoms with Gasteiger partial charge in [0.05, 0.1) is 25.7 Å². The van der Waals surface area contributed by atoms with Gasteiger partial charge in [-0.15, -0.1) is 0 Å². The number of carbonyl (C=O) groups is 2. The molecule has 0 saturated carbocycles. The standard InChI is InChI=1S/C24H34N2O5/c1-29-16-24(28)26-18-6-7-19(26)15-22(14-18)31-20-8-10-25(11-9-20)23(27)13-17-4-3-5-21(12-17)30-2/h3-5,12,18-20,22H,6-11,13-16H2,1-2H3/t18-,19+,22?. The summed E-state index contributed by atoms with van der Waals surface area (Å²) in [5.74, 6) is 1.05. The molecule has 3 heterocycles. The second-order valence-corrected chi connectivity index (χ2v) is 8.96. The SMILES string of the molecule is COCC(=O)N1[C@@H]2CC[C@H]1CC(OC1CCN(C(=O)Cc3cccc(OC)c3)CC1)C2. The highest BCUT2D eigenvalue weighted by Crippen LogP contribution is 2.38. The molecule has 7 heteroatoms. The lowest BCUT2D eigenvalue weighted by atomic mass is 9.98. The molecule has 2 bridgehead atoms. The second kappa shape index (κ2) is 10.0. The van der Waals surface area contributed by atoms with E-state index < -0.39 is 0 Å². The van der Waals surface area contributed by atoms with Crippen LogP contribution in [0, 0.1) is 0 Å². The van der Waals surface area contributed by atoms with Gasteiger partial charge in [-0.2, -0.15) is 0 Å². The third-order valence-corrected chi connectivity index (χ3v) is 6.91. The molecule has 0 N–H and O–H groups in total. The molecule has 1 unspecified atom stereocenters. The molecular formula is C24H34N2O5. The number of likely N-dealkylation sites (tertiary alicyclic amines) is 1. The average Bonchev–Trinajstić information content (AvgIpc) is 3.05. The Bertz CT molecular complexity index is 763. The van der Waals surface area contributed by atoms with Crippen molar-refractivity contribution < 1.29 is 23.8 Å². The summed E-state index contributed by atoms with van der Waals surface area (Å²) in [7, 11) is 3.21. The Labute approximate surface area is 184 Å². The van der Waals surface area contributed by atoms with Crippen LogP contribution in [0.2, 0.25) is 0 Å². The molecule has 1 aromatic rings. The minimum absolute atomic E-state index is 0.108. The zero-order valence-corrected chi connectivity index (χ0v) is 18.6. The number of benzene rings is 1. The van der Waals surface area contributed by atoms with Crippen LogP contribution >= 0.6 is 0 Å². The smallest absolute Gasteiger partial charge is 0.249 e. The number of nitrogens with zero attached hydrogens (tertiary/aromatic N) is 2. The Morgan fingerprint density at radius 3 is 2.32 bits per heavy atom. The summed E-state index contributed by atoms with van der Waals surface area (Å²) >= 11 is 0. The summed E-state index contributed by atoms with van der Waals surface area (Å²) in [4.78, 5) is 29.0. The summed E-state index contributed by atoms with van der Waals surface area (Å²) in [6, 6.07) is 8.27. The van der Waals surface area contributed by atoms with Crippen LogP contribution in [0.3, 0.4) is 0 Å². The van der Waals surface area contributed by atoms with Crippen molar-refractivity contribution in [2.75, 3.05) is 33.9 Å². The predicted octanol–water partition coefficient (Wildman–Crippen LogP) is 2.41. The van der Waals surface area contributed by atoms with Crippen molar-refractivity contribution in [2.45, 2.75) is 69.2 Å². The van der Waals surface area contributed by atoms with Crippen molar-refractivity contribution in [3.8, 4) is 5.75 Å². The molecule has 3 aliphatic heterocycles.